The Morgan fingerprint density at radius 3 is 2.50 bits per heavy atom. The maximum Gasteiger partial charge on any atom is 0.123 e. The van der Waals surface area contributed by atoms with Gasteiger partial charge >= 0.3 is 0 Å². The molecular weight excluding hydrogens is 172 g/mol. The van der Waals surface area contributed by atoms with Gasteiger partial charge in [0.1, 0.15) is 5.75 Å². The molecule has 1 aliphatic rings. The van der Waals surface area contributed by atoms with Gasteiger partial charge in [0, 0.05) is 30.5 Å². The average molecular weight is 190 g/mol. The van der Waals surface area contributed by atoms with Crippen LogP contribution in [0.5, 0.6) is 0 Å². The van der Waals surface area contributed by atoms with E-state index in [2.05, 4.69) is 9.62 Å². The molecule has 12 heavy (non-hydrogen) atoms. The summed E-state index contributed by atoms with van der Waals surface area (Å²) < 4.78 is 13.5. The molecule has 1 aliphatic heterocycles. The van der Waals surface area contributed by atoms with Crippen molar-refractivity contribution in [3.8, 4) is 0 Å². The number of nitrogens with one attached hydrogen (secondary N) is 1. The van der Waals surface area contributed by atoms with Crippen molar-refractivity contribution in [2.24, 2.45) is 0 Å². The van der Waals surface area contributed by atoms with E-state index in [0.717, 1.165) is 31.7 Å². The smallest absolute Gasteiger partial charge is 0.123 e. The number of piperidine rings is 1. The van der Waals surface area contributed by atoms with E-state index in [1.54, 1.807) is 0 Å². The highest BCUT2D eigenvalue weighted by Crippen LogP contribution is 2.13. The van der Waals surface area contributed by atoms with E-state index in [-0.39, 0.29) is 0 Å². The van der Waals surface area contributed by atoms with Gasteiger partial charge in [-0.15, -0.1) is 4.31 Å². The summed E-state index contributed by atoms with van der Waals surface area (Å²) in [7, 11) is 2.00. The minimum atomic E-state index is -0.725. The second-order valence-corrected chi connectivity index (χ2v) is 4.84. The highest BCUT2D eigenvalue weighted by Gasteiger charge is 2.24. The molecule has 4 heteroatoms. The molecule has 0 aromatic heterocycles. The second-order valence-electron chi connectivity index (χ2n) is 3.10. The van der Waals surface area contributed by atoms with Gasteiger partial charge in [0.2, 0.25) is 0 Å². The van der Waals surface area contributed by atoms with Gasteiger partial charge in [-0.1, -0.05) is 0 Å². The van der Waals surface area contributed by atoms with Gasteiger partial charge in [-0.2, -0.15) is 0 Å². The van der Waals surface area contributed by atoms with Gasteiger partial charge in [0.15, 0.2) is 0 Å². The van der Waals surface area contributed by atoms with Crippen molar-refractivity contribution in [2.45, 2.75) is 25.8 Å². The van der Waals surface area contributed by atoms with Crippen molar-refractivity contribution >= 4 is 11.4 Å². The molecule has 0 spiro atoms. The normalized spacial score (nSPS) is 24.2. The van der Waals surface area contributed by atoms with Crippen LogP contribution in [0.1, 0.15) is 19.8 Å². The monoisotopic (exact) mass is 190 g/mol. The second kappa shape index (κ2) is 5.07. The molecule has 1 N–H and O–H groups in total. The first-order valence-corrected chi connectivity index (χ1v) is 5.86. The maximum atomic E-state index is 11.4. The van der Waals surface area contributed by atoms with Crippen LogP contribution in [0, 0.1) is 0 Å². The van der Waals surface area contributed by atoms with Crippen LogP contribution in [0.4, 0.5) is 0 Å². The largest absolute Gasteiger partial charge is 0.598 e. The van der Waals surface area contributed by atoms with Gasteiger partial charge in [0.25, 0.3) is 0 Å². The number of hydrogen-bond donors (Lipinski definition) is 1. The van der Waals surface area contributed by atoms with E-state index in [4.69, 9.17) is 0 Å². The summed E-state index contributed by atoms with van der Waals surface area (Å²) in [6.45, 7) is 3.93. The summed E-state index contributed by atoms with van der Waals surface area (Å²) in [6, 6.07) is 0.634. The summed E-state index contributed by atoms with van der Waals surface area (Å²) in [5.41, 5.74) is 0. The molecule has 0 aliphatic carbocycles. The predicted molar refractivity (Wildman–Crippen MR) is 52.3 cm³/mol. The molecule has 1 atom stereocenters. The lowest BCUT2D eigenvalue weighted by Gasteiger charge is -2.31. The van der Waals surface area contributed by atoms with Crippen LogP contribution in [-0.4, -0.2) is 40.8 Å². The Morgan fingerprint density at radius 2 is 2.08 bits per heavy atom. The Morgan fingerprint density at radius 1 is 1.50 bits per heavy atom. The fourth-order valence-corrected chi connectivity index (χ4v) is 2.51. The van der Waals surface area contributed by atoms with Crippen LogP contribution >= 0.6 is 0 Å². The third-order valence-corrected chi connectivity index (χ3v) is 3.83. The first-order valence-electron chi connectivity index (χ1n) is 4.58. The van der Waals surface area contributed by atoms with Crippen molar-refractivity contribution in [1.29, 1.82) is 0 Å². The molecule has 1 rings (SSSR count). The highest BCUT2D eigenvalue weighted by molar-refractivity contribution is 7.89. The SMILES string of the molecule is CC[S+]([O-])N1CCC(NC)CC1. The molecule has 1 unspecified atom stereocenters. The van der Waals surface area contributed by atoms with Gasteiger partial charge in [-0.3, -0.25) is 0 Å². The molecule has 3 nitrogen and oxygen atoms in total. The van der Waals surface area contributed by atoms with E-state index in [1.165, 1.54) is 0 Å². The van der Waals surface area contributed by atoms with Crippen LogP contribution in [0.3, 0.4) is 0 Å². The first-order chi connectivity index (χ1) is 5.77. The van der Waals surface area contributed by atoms with E-state index in [1.807, 2.05) is 14.0 Å². The van der Waals surface area contributed by atoms with Crippen LogP contribution in [0.25, 0.3) is 0 Å². The van der Waals surface area contributed by atoms with Gasteiger partial charge in [-0.05, 0) is 26.8 Å². The Labute approximate surface area is 77.8 Å². The summed E-state index contributed by atoms with van der Waals surface area (Å²) in [4.78, 5) is 0. The zero-order valence-electron chi connectivity index (χ0n) is 7.88. The summed E-state index contributed by atoms with van der Waals surface area (Å²) >= 11 is -0.725. The molecule has 1 fully saturated rings. The molecule has 1 saturated heterocycles. The van der Waals surface area contributed by atoms with E-state index in [0.29, 0.717) is 6.04 Å². The quantitative estimate of drug-likeness (QED) is 0.653. The van der Waals surface area contributed by atoms with Crippen molar-refractivity contribution in [2.75, 3.05) is 25.9 Å². The summed E-state index contributed by atoms with van der Waals surface area (Å²) in [5.74, 6) is 0.754. The van der Waals surface area contributed by atoms with E-state index in [9.17, 15) is 4.55 Å². The van der Waals surface area contributed by atoms with E-state index >= 15 is 0 Å². The minimum absolute atomic E-state index is 0.634. The lowest BCUT2D eigenvalue weighted by Crippen LogP contribution is -2.44. The highest BCUT2D eigenvalue weighted by atomic mass is 32.2. The molecular formula is C8H18N2OS. The molecule has 0 bridgehead atoms. The number of hydrogen-bond acceptors (Lipinski definition) is 3. The molecule has 0 saturated carbocycles. The third kappa shape index (κ3) is 2.62. The predicted octanol–water partition coefficient (Wildman–Crippen LogP) is 0.354. The van der Waals surface area contributed by atoms with Crippen molar-refractivity contribution in [3.05, 3.63) is 0 Å². The van der Waals surface area contributed by atoms with Gasteiger partial charge in [0.05, 0.1) is 0 Å². The minimum Gasteiger partial charge on any atom is -0.598 e. The standard InChI is InChI=1S/C8H18N2OS/c1-3-12(11)10-6-4-8(9-2)5-7-10/h8-9H,3-7H2,1-2H3. The van der Waals surface area contributed by atoms with Crippen LogP contribution in [0.15, 0.2) is 0 Å². The first kappa shape index (κ1) is 10.3. The lowest BCUT2D eigenvalue weighted by molar-refractivity contribution is 0.298. The van der Waals surface area contributed by atoms with Gasteiger partial charge in [-0.25, -0.2) is 0 Å². The molecule has 1 heterocycles. The van der Waals surface area contributed by atoms with Crippen molar-refractivity contribution < 1.29 is 4.55 Å². The third-order valence-electron chi connectivity index (χ3n) is 2.40. The fraction of sp³-hybridized carbons (Fsp3) is 1.00. The van der Waals surface area contributed by atoms with Crippen LogP contribution in [0.2, 0.25) is 0 Å². The molecule has 0 aromatic rings. The fourth-order valence-electron chi connectivity index (χ4n) is 1.53. The van der Waals surface area contributed by atoms with Crippen LogP contribution < -0.4 is 5.32 Å². The average Bonchev–Trinajstić information content (AvgIpc) is 2.17. The van der Waals surface area contributed by atoms with Crippen LogP contribution in [-0.2, 0) is 11.4 Å². The topological polar surface area (TPSA) is 38.3 Å². The molecule has 0 amide bonds. The summed E-state index contributed by atoms with van der Waals surface area (Å²) in [6.07, 6.45) is 2.25. The van der Waals surface area contributed by atoms with Crippen molar-refractivity contribution in [1.82, 2.24) is 9.62 Å². The van der Waals surface area contributed by atoms with Gasteiger partial charge < -0.3 is 9.87 Å². The lowest BCUT2D eigenvalue weighted by atomic mass is 10.1. The molecule has 0 aromatic carbocycles. The Kier molecular flexibility index (Phi) is 4.35. The number of rotatable bonds is 3. The number of nitrogens with zero attached hydrogens (tertiary/aromatic N) is 1. The Balaban J connectivity index is 2.25. The molecule has 0 radical (unpaired) electrons. The Hall–Kier alpha value is 0.230. The molecule has 72 valence electrons. The Bertz CT molecular complexity index is 126. The summed E-state index contributed by atoms with van der Waals surface area (Å²) in [5, 5.41) is 3.26. The van der Waals surface area contributed by atoms with Crippen molar-refractivity contribution in [3.63, 3.8) is 0 Å². The maximum absolute atomic E-state index is 11.4. The zero-order chi connectivity index (χ0) is 8.97. The zero-order valence-corrected chi connectivity index (χ0v) is 8.69. The van der Waals surface area contributed by atoms with E-state index < -0.39 is 11.4 Å².